The quantitative estimate of drug-likeness (QED) is 0.786. The molecule has 14 heavy (non-hydrogen) atoms. The predicted octanol–water partition coefficient (Wildman–Crippen LogP) is 1.17. The molecule has 0 aromatic carbocycles. The molecule has 2 rings (SSSR count). The van der Waals surface area contributed by atoms with Crippen LogP contribution in [0.5, 0.6) is 0 Å². The van der Waals surface area contributed by atoms with Crippen LogP contribution in [0.4, 0.5) is 0 Å². The van der Waals surface area contributed by atoms with Crippen molar-refractivity contribution in [2.75, 3.05) is 0 Å². The van der Waals surface area contributed by atoms with E-state index >= 15 is 0 Å². The smallest absolute Gasteiger partial charge is 0.355 e. The highest BCUT2D eigenvalue weighted by molar-refractivity contribution is 5.85. The maximum Gasteiger partial charge on any atom is 0.355 e. The molecule has 1 aromatic rings. The molecule has 0 unspecified atom stereocenters. The molecule has 1 N–H and O–H groups in total. The van der Waals surface area contributed by atoms with E-state index in [0.29, 0.717) is 12.5 Å². The number of carbonyl (C=O) groups is 1. The van der Waals surface area contributed by atoms with Crippen LogP contribution in [0.1, 0.15) is 36.2 Å². The van der Waals surface area contributed by atoms with Gasteiger partial charge in [0.2, 0.25) is 0 Å². The molecule has 76 valence electrons. The van der Waals surface area contributed by atoms with E-state index in [1.165, 1.54) is 36.6 Å². The number of rotatable bonds is 3. The highest BCUT2D eigenvalue weighted by Gasteiger charge is 2.19. The Bertz CT molecular complexity index is 329. The standard InChI is InChI=1S/C9H13N3O2/c13-9(14)8-5-10-11-12(8)6-7-3-1-2-4-7/h5,7H,1-4,6H2,(H,13,14). The first-order valence-corrected chi connectivity index (χ1v) is 4.89. The molecule has 0 aliphatic heterocycles. The van der Waals surface area contributed by atoms with E-state index in [1.807, 2.05) is 0 Å². The van der Waals surface area contributed by atoms with Gasteiger partial charge < -0.3 is 5.11 Å². The lowest BCUT2D eigenvalue weighted by Gasteiger charge is -2.08. The SMILES string of the molecule is O=C(O)c1cnnn1CC1CCCC1. The molecule has 0 atom stereocenters. The Hall–Kier alpha value is -1.39. The number of hydrogen-bond donors (Lipinski definition) is 1. The summed E-state index contributed by atoms with van der Waals surface area (Å²) in [5.74, 6) is -0.372. The lowest BCUT2D eigenvalue weighted by Crippen LogP contribution is -2.14. The minimum atomic E-state index is -0.951. The van der Waals surface area contributed by atoms with Gasteiger partial charge in [0.15, 0.2) is 5.69 Å². The number of aromatic nitrogens is 3. The molecule has 1 aliphatic carbocycles. The summed E-state index contributed by atoms with van der Waals surface area (Å²) in [4.78, 5) is 10.8. The Balaban J connectivity index is 2.07. The summed E-state index contributed by atoms with van der Waals surface area (Å²) in [7, 11) is 0. The van der Waals surface area contributed by atoms with E-state index in [4.69, 9.17) is 5.11 Å². The normalized spacial score (nSPS) is 17.4. The van der Waals surface area contributed by atoms with Crippen molar-refractivity contribution in [1.82, 2.24) is 15.0 Å². The third-order valence-corrected chi connectivity index (χ3v) is 2.74. The average molecular weight is 195 g/mol. The average Bonchev–Trinajstić information content (AvgIpc) is 2.75. The van der Waals surface area contributed by atoms with Gasteiger partial charge in [-0.1, -0.05) is 18.1 Å². The molecule has 0 saturated heterocycles. The Labute approximate surface area is 81.7 Å². The molecule has 1 saturated carbocycles. The first-order valence-electron chi connectivity index (χ1n) is 4.89. The number of carboxylic acids is 1. The zero-order valence-corrected chi connectivity index (χ0v) is 7.89. The van der Waals surface area contributed by atoms with Gasteiger partial charge in [0.25, 0.3) is 0 Å². The summed E-state index contributed by atoms with van der Waals surface area (Å²) in [5.41, 5.74) is 0.192. The molecule has 0 bridgehead atoms. The van der Waals surface area contributed by atoms with Crippen molar-refractivity contribution in [1.29, 1.82) is 0 Å². The fraction of sp³-hybridized carbons (Fsp3) is 0.667. The molecule has 1 heterocycles. The molecule has 1 aromatic heterocycles. The molecular weight excluding hydrogens is 182 g/mol. The van der Waals surface area contributed by atoms with Crippen LogP contribution in [0.15, 0.2) is 6.20 Å². The van der Waals surface area contributed by atoms with Gasteiger partial charge in [-0.05, 0) is 18.8 Å². The van der Waals surface area contributed by atoms with E-state index < -0.39 is 5.97 Å². The van der Waals surface area contributed by atoms with Crippen LogP contribution < -0.4 is 0 Å². The van der Waals surface area contributed by atoms with E-state index in [0.717, 1.165) is 0 Å². The Morgan fingerprint density at radius 1 is 1.57 bits per heavy atom. The summed E-state index contributed by atoms with van der Waals surface area (Å²) in [6.45, 7) is 0.696. The van der Waals surface area contributed by atoms with Crippen LogP contribution in [-0.4, -0.2) is 26.1 Å². The zero-order valence-electron chi connectivity index (χ0n) is 7.89. The number of aromatic carboxylic acids is 1. The van der Waals surface area contributed by atoms with E-state index in [9.17, 15) is 4.79 Å². The molecule has 1 fully saturated rings. The van der Waals surface area contributed by atoms with Crippen molar-refractivity contribution in [3.8, 4) is 0 Å². The van der Waals surface area contributed by atoms with Crippen LogP contribution in [-0.2, 0) is 6.54 Å². The van der Waals surface area contributed by atoms with Gasteiger partial charge in [-0.3, -0.25) is 0 Å². The highest BCUT2D eigenvalue weighted by Crippen LogP contribution is 2.26. The van der Waals surface area contributed by atoms with Crippen molar-refractivity contribution in [2.45, 2.75) is 32.2 Å². The van der Waals surface area contributed by atoms with Crippen molar-refractivity contribution >= 4 is 5.97 Å². The van der Waals surface area contributed by atoms with Crippen LogP contribution in [0.3, 0.4) is 0 Å². The van der Waals surface area contributed by atoms with Crippen LogP contribution in [0.25, 0.3) is 0 Å². The van der Waals surface area contributed by atoms with Gasteiger partial charge in [0.05, 0.1) is 6.20 Å². The minimum absolute atomic E-state index is 0.192. The van der Waals surface area contributed by atoms with E-state index in [-0.39, 0.29) is 5.69 Å². The van der Waals surface area contributed by atoms with Gasteiger partial charge in [-0.25, -0.2) is 9.48 Å². The third kappa shape index (κ3) is 1.76. The van der Waals surface area contributed by atoms with E-state index in [1.54, 1.807) is 0 Å². The second kappa shape index (κ2) is 3.77. The maximum atomic E-state index is 10.8. The van der Waals surface area contributed by atoms with Crippen molar-refractivity contribution in [3.63, 3.8) is 0 Å². The number of hydrogen-bond acceptors (Lipinski definition) is 3. The van der Waals surface area contributed by atoms with Gasteiger partial charge in [-0.15, -0.1) is 5.10 Å². The molecule has 5 nitrogen and oxygen atoms in total. The molecular formula is C9H13N3O2. The fourth-order valence-electron chi connectivity index (χ4n) is 2.00. The predicted molar refractivity (Wildman–Crippen MR) is 48.9 cm³/mol. The van der Waals surface area contributed by atoms with Gasteiger partial charge in [-0.2, -0.15) is 0 Å². The first kappa shape index (κ1) is 9.18. The maximum absolute atomic E-state index is 10.8. The zero-order chi connectivity index (χ0) is 9.97. The Morgan fingerprint density at radius 2 is 2.29 bits per heavy atom. The van der Waals surface area contributed by atoms with Crippen LogP contribution in [0.2, 0.25) is 0 Å². The molecule has 0 amide bonds. The van der Waals surface area contributed by atoms with Crippen molar-refractivity contribution in [3.05, 3.63) is 11.9 Å². The second-order valence-electron chi connectivity index (χ2n) is 3.76. The summed E-state index contributed by atoms with van der Waals surface area (Å²) in [6, 6.07) is 0. The molecule has 1 aliphatic rings. The van der Waals surface area contributed by atoms with Gasteiger partial charge in [0, 0.05) is 6.54 Å². The molecule has 5 heteroatoms. The van der Waals surface area contributed by atoms with Crippen molar-refractivity contribution in [2.24, 2.45) is 5.92 Å². The summed E-state index contributed by atoms with van der Waals surface area (Å²) < 4.78 is 1.50. The second-order valence-corrected chi connectivity index (χ2v) is 3.76. The summed E-state index contributed by atoms with van der Waals surface area (Å²) >= 11 is 0. The first-order chi connectivity index (χ1) is 6.77. The van der Waals surface area contributed by atoms with E-state index in [2.05, 4.69) is 10.3 Å². The van der Waals surface area contributed by atoms with Crippen LogP contribution >= 0.6 is 0 Å². The lowest BCUT2D eigenvalue weighted by atomic mass is 10.1. The Kier molecular flexibility index (Phi) is 2.47. The van der Waals surface area contributed by atoms with Gasteiger partial charge in [0.1, 0.15) is 0 Å². The minimum Gasteiger partial charge on any atom is -0.476 e. The monoisotopic (exact) mass is 195 g/mol. The Morgan fingerprint density at radius 3 is 2.93 bits per heavy atom. The number of carboxylic acid groups (broad SMARTS) is 1. The third-order valence-electron chi connectivity index (χ3n) is 2.74. The molecule has 0 spiro atoms. The van der Waals surface area contributed by atoms with Crippen LogP contribution in [0, 0.1) is 5.92 Å². The van der Waals surface area contributed by atoms with Gasteiger partial charge >= 0.3 is 5.97 Å². The summed E-state index contributed by atoms with van der Waals surface area (Å²) in [5, 5.41) is 16.2. The fourth-order valence-corrected chi connectivity index (χ4v) is 2.00. The topological polar surface area (TPSA) is 68.0 Å². The highest BCUT2D eigenvalue weighted by atomic mass is 16.4. The molecule has 0 radical (unpaired) electrons. The van der Waals surface area contributed by atoms with Crippen molar-refractivity contribution < 1.29 is 9.90 Å². The number of nitrogens with zero attached hydrogens (tertiary/aromatic N) is 3. The summed E-state index contributed by atoms with van der Waals surface area (Å²) in [6.07, 6.45) is 6.17. The largest absolute Gasteiger partial charge is 0.476 e. The lowest BCUT2D eigenvalue weighted by molar-refractivity contribution is 0.0682.